The molecule has 0 spiro atoms. The Morgan fingerprint density at radius 2 is 2.00 bits per heavy atom. The van der Waals surface area contributed by atoms with Gasteiger partial charge in [0, 0.05) is 0 Å². The highest BCUT2D eigenvalue weighted by Crippen LogP contribution is 2.45. The summed E-state index contributed by atoms with van der Waals surface area (Å²) in [6.45, 7) is 4.11. The molecule has 3 nitrogen and oxygen atoms in total. The Kier molecular flexibility index (Phi) is 2.01. The van der Waals surface area contributed by atoms with Crippen LogP contribution in [-0.4, -0.2) is 14.2 Å². The lowest BCUT2D eigenvalue weighted by Crippen LogP contribution is -2.40. The van der Waals surface area contributed by atoms with E-state index in [0.717, 1.165) is 12.8 Å². The van der Waals surface area contributed by atoms with Crippen LogP contribution in [-0.2, 0) is 10.0 Å². The molecular formula is C7H15NO2S. The Balaban J connectivity index is 2.51. The minimum Gasteiger partial charge on any atom is -0.229 e. The van der Waals surface area contributed by atoms with Gasteiger partial charge in [-0.2, -0.15) is 0 Å². The van der Waals surface area contributed by atoms with Crippen molar-refractivity contribution in [3.8, 4) is 0 Å². The minimum absolute atomic E-state index is 0.0347. The summed E-state index contributed by atoms with van der Waals surface area (Å²) in [5, 5.41) is 4.95. The molecule has 0 heterocycles. The van der Waals surface area contributed by atoms with E-state index in [0.29, 0.717) is 5.92 Å². The summed E-state index contributed by atoms with van der Waals surface area (Å²) < 4.78 is 21.4. The first-order valence-corrected chi connectivity index (χ1v) is 5.53. The van der Waals surface area contributed by atoms with Crippen molar-refractivity contribution in [3.05, 3.63) is 0 Å². The third kappa shape index (κ3) is 2.45. The molecule has 1 aliphatic carbocycles. The van der Waals surface area contributed by atoms with Crippen molar-refractivity contribution in [2.24, 2.45) is 16.5 Å². The molecule has 0 saturated heterocycles. The molecule has 1 aliphatic rings. The van der Waals surface area contributed by atoms with Crippen LogP contribution in [0, 0.1) is 11.3 Å². The number of rotatable bonds is 2. The zero-order valence-corrected chi connectivity index (χ0v) is 7.82. The normalized spacial score (nSPS) is 38.3. The maximum absolute atomic E-state index is 10.7. The lowest BCUT2D eigenvalue weighted by Gasteiger charge is -2.43. The quantitative estimate of drug-likeness (QED) is 0.675. The Morgan fingerprint density at radius 1 is 1.55 bits per heavy atom. The van der Waals surface area contributed by atoms with Gasteiger partial charge in [-0.1, -0.05) is 13.8 Å². The van der Waals surface area contributed by atoms with E-state index in [4.69, 9.17) is 5.14 Å². The third-order valence-electron chi connectivity index (χ3n) is 2.23. The van der Waals surface area contributed by atoms with Crippen molar-refractivity contribution < 1.29 is 8.42 Å². The van der Waals surface area contributed by atoms with Gasteiger partial charge in [-0.25, -0.2) is 13.6 Å². The first-order valence-electron chi connectivity index (χ1n) is 3.81. The van der Waals surface area contributed by atoms with E-state index in [-0.39, 0.29) is 11.2 Å². The Labute approximate surface area is 68.0 Å². The Hall–Kier alpha value is -0.0900. The van der Waals surface area contributed by atoms with Gasteiger partial charge in [0.05, 0.1) is 5.75 Å². The molecule has 1 rings (SSSR count). The van der Waals surface area contributed by atoms with Crippen molar-refractivity contribution in [1.29, 1.82) is 0 Å². The molecule has 0 aromatic rings. The summed E-state index contributed by atoms with van der Waals surface area (Å²) in [7, 11) is -3.27. The van der Waals surface area contributed by atoms with Crippen molar-refractivity contribution in [3.63, 3.8) is 0 Å². The smallest absolute Gasteiger partial charge is 0.209 e. The van der Waals surface area contributed by atoms with E-state index in [1.807, 2.05) is 6.92 Å². The number of primary sulfonamides is 1. The summed E-state index contributed by atoms with van der Waals surface area (Å²) >= 11 is 0. The third-order valence-corrected chi connectivity index (χ3v) is 3.33. The molecule has 0 atom stereocenters. The fraction of sp³-hybridized carbons (Fsp3) is 1.00. The van der Waals surface area contributed by atoms with Crippen molar-refractivity contribution in [2.45, 2.75) is 26.7 Å². The molecule has 0 aromatic heterocycles. The molecular weight excluding hydrogens is 162 g/mol. The van der Waals surface area contributed by atoms with Crippen molar-refractivity contribution in [2.75, 3.05) is 5.75 Å². The zero-order chi connectivity index (χ0) is 8.70. The average Bonchev–Trinajstić information content (AvgIpc) is 1.53. The minimum atomic E-state index is -3.27. The summed E-state index contributed by atoms with van der Waals surface area (Å²) in [4.78, 5) is 0. The van der Waals surface area contributed by atoms with E-state index in [1.54, 1.807) is 0 Å². The lowest BCUT2D eigenvalue weighted by atomic mass is 9.65. The van der Waals surface area contributed by atoms with Crippen molar-refractivity contribution in [1.82, 2.24) is 0 Å². The fourth-order valence-electron chi connectivity index (χ4n) is 2.23. The van der Waals surface area contributed by atoms with E-state index < -0.39 is 10.0 Å². The van der Waals surface area contributed by atoms with Crippen molar-refractivity contribution >= 4 is 10.0 Å². The van der Waals surface area contributed by atoms with Gasteiger partial charge in [-0.3, -0.25) is 0 Å². The standard InChI is InChI=1S/C7H15NO2S/c1-6-3-7(2,4-6)5-11(8,9)10/h6H,3-5H2,1-2H3,(H2,8,9,10). The monoisotopic (exact) mass is 177 g/mol. The van der Waals surface area contributed by atoms with Crippen LogP contribution in [0.15, 0.2) is 0 Å². The van der Waals surface area contributed by atoms with Crippen LogP contribution in [0.25, 0.3) is 0 Å². The van der Waals surface area contributed by atoms with Crippen LogP contribution < -0.4 is 5.14 Å². The second-order valence-electron chi connectivity index (χ2n) is 4.13. The van der Waals surface area contributed by atoms with Gasteiger partial charge in [-0.15, -0.1) is 0 Å². The zero-order valence-electron chi connectivity index (χ0n) is 7.00. The molecule has 0 unspecified atom stereocenters. The molecule has 0 bridgehead atoms. The SMILES string of the molecule is CC1CC(C)(CS(N)(=O)=O)C1. The molecule has 11 heavy (non-hydrogen) atoms. The molecule has 0 amide bonds. The fourth-order valence-corrected chi connectivity index (χ4v) is 3.43. The van der Waals surface area contributed by atoms with Crippen LogP contribution in [0.2, 0.25) is 0 Å². The molecule has 4 heteroatoms. The first kappa shape index (κ1) is 9.00. The maximum Gasteiger partial charge on any atom is 0.209 e. The predicted octanol–water partition coefficient (Wildman–Crippen LogP) is 0.711. The molecule has 1 fully saturated rings. The Bertz CT molecular complexity index is 239. The largest absolute Gasteiger partial charge is 0.229 e. The summed E-state index contributed by atoms with van der Waals surface area (Å²) in [6, 6.07) is 0. The number of hydrogen-bond donors (Lipinski definition) is 1. The van der Waals surface area contributed by atoms with Gasteiger partial charge in [0.2, 0.25) is 10.0 Å². The highest BCUT2D eigenvalue weighted by atomic mass is 32.2. The molecule has 0 aliphatic heterocycles. The van der Waals surface area contributed by atoms with E-state index in [1.165, 1.54) is 0 Å². The van der Waals surface area contributed by atoms with Gasteiger partial charge < -0.3 is 0 Å². The molecule has 66 valence electrons. The van der Waals surface area contributed by atoms with Crippen LogP contribution >= 0.6 is 0 Å². The summed E-state index contributed by atoms with van der Waals surface area (Å²) in [6.07, 6.45) is 1.98. The van der Waals surface area contributed by atoms with E-state index in [9.17, 15) is 8.42 Å². The van der Waals surface area contributed by atoms with Gasteiger partial charge in [0.15, 0.2) is 0 Å². The Morgan fingerprint density at radius 3 is 2.27 bits per heavy atom. The van der Waals surface area contributed by atoms with Gasteiger partial charge in [-0.05, 0) is 24.2 Å². The van der Waals surface area contributed by atoms with Gasteiger partial charge in [0.1, 0.15) is 0 Å². The van der Waals surface area contributed by atoms with E-state index >= 15 is 0 Å². The predicted molar refractivity (Wildman–Crippen MR) is 44.5 cm³/mol. The van der Waals surface area contributed by atoms with Gasteiger partial charge >= 0.3 is 0 Å². The maximum atomic E-state index is 10.7. The molecule has 0 aromatic carbocycles. The second-order valence-corrected chi connectivity index (χ2v) is 5.75. The summed E-state index contributed by atoms with van der Waals surface area (Å²) in [5.41, 5.74) is -0.0347. The van der Waals surface area contributed by atoms with Crippen LogP contribution in [0.4, 0.5) is 0 Å². The van der Waals surface area contributed by atoms with Crippen LogP contribution in [0.3, 0.4) is 0 Å². The lowest BCUT2D eigenvalue weighted by molar-refractivity contribution is 0.114. The molecule has 2 N–H and O–H groups in total. The molecule has 1 saturated carbocycles. The molecule has 0 radical (unpaired) electrons. The number of sulfonamides is 1. The number of hydrogen-bond acceptors (Lipinski definition) is 2. The van der Waals surface area contributed by atoms with Crippen LogP contribution in [0.5, 0.6) is 0 Å². The topological polar surface area (TPSA) is 60.2 Å². The van der Waals surface area contributed by atoms with Crippen LogP contribution in [0.1, 0.15) is 26.7 Å². The number of nitrogens with two attached hydrogens (primary N) is 1. The second kappa shape index (κ2) is 2.45. The summed E-state index contributed by atoms with van der Waals surface area (Å²) in [5.74, 6) is 0.811. The van der Waals surface area contributed by atoms with E-state index in [2.05, 4.69) is 6.92 Å². The highest BCUT2D eigenvalue weighted by Gasteiger charge is 2.40. The average molecular weight is 177 g/mol. The highest BCUT2D eigenvalue weighted by molar-refractivity contribution is 7.89. The first-order chi connectivity index (χ1) is 4.81. The van der Waals surface area contributed by atoms with Gasteiger partial charge in [0.25, 0.3) is 0 Å².